The molecule has 1 aliphatic rings. The Morgan fingerprint density at radius 3 is 3.00 bits per heavy atom. The van der Waals surface area contributed by atoms with Gasteiger partial charge in [0.2, 0.25) is 0 Å². The summed E-state index contributed by atoms with van der Waals surface area (Å²) in [4.78, 5) is 13.1. The van der Waals surface area contributed by atoms with E-state index in [0.717, 1.165) is 24.2 Å². The van der Waals surface area contributed by atoms with E-state index in [1.54, 1.807) is 11.8 Å². The monoisotopic (exact) mass is 226 g/mol. The SMILES string of the molecule is CCSc1cc(=O)c2c(s1)CCCC2. The minimum absolute atomic E-state index is 0.273. The summed E-state index contributed by atoms with van der Waals surface area (Å²) in [6.45, 7) is 2.13. The lowest BCUT2D eigenvalue weighted by Crippen LogP contribution is -2.14. The highest BCUT2D eigenvalue weighted by atomic mass is 32.2. The predicted octanol–water partition coefficient (Wildman–Crippen LogP) is 3.10. The molecular formula is C11H14OS2. The van der Waals surface area contributed by atoms with Crippen molar-refractivity contribution < 1.29 is 0 Å². The molecule has 2 rings (SSSR count). The van der Waals surface area contributed by atoms with Crippen molar-refractivity contribution in [2.45, 2.75) is 36.8 Å². The second-order valence-electron chi connectivity index (χ2n) is 3.47. The predicted molar refractivity (Wildman–Crippen MR) is 63.6 cm³/mol. The Balaban J connectivity index is 2.41. The summed E-state index contributed by atoms with van der Waals surface area (Å²) in [5, 5.41) is 0. The van der Waals surface area contributed by atoms with E-state index in [2.05, 4.69) is 6.92 Å². The molecule has 0 aromatic carbocycles. The molecule has 76 valence electrons. The summed E-state index contributed by atoms with van der Waals surface area (Å²) >= 11 is 3.61. The van der Waals surface area contributed by atoms with Crippen LogP contribution < -0.4 is 5.43 Å². The van der Waals surface area contributed by atoms with Gasteiger partial charge in [0.25, 0.3) is 0 Å². The van der Waals surface area contributed by atoms with E-state index in [4.69, 9.17) is 0 Å². The molecule has 1 aliphatic carbocycles. The Labute approximate surface area is 92.6 Å². The van der Waals surface area contributed by atoms with Crippen molar-refractivity contribution in [2.24, 2.45) is 0 Å². The highest BCUT2D eigenvalue weighted by Gasteiger charge is 2.14. The molecule has 0 amide bonds. The van der Waals surface area contributed by atoms with Gasteiger partial charge < -0.3 is 0 Å². The van der Waals surface area contributed by atoms with Gasteiger partial charge in [-0.1, -0.05) is 6.92 Å². The number of hydrogen-bond acceptors (Lipinski definition) is 3. The fraction of sp³-hybridized carbons (Fsp3) is 0.545. The maximum Gasteiger partial charge on any atom is 0.184 e. The molecule has 0 spiro atoms. The van der Waals surface area contributed by atoms with Crippen LogP contribution in [0.2, 0.25) is 0 Å². The van der Waals surface area contributed by atoms with Crippen molar-refractivity contribution in [1.29, 1.82) is 0 Å². The van der Waals surface area contributed by atoms with Crippen LogP contribution in [-0.2, 0) is 12.8 Å². The summed E-state index contributed by atoms with van der Waals surface area (Å²) in [7, 11) is 0. The molecule has 0 saturated heterocycles. The Morgan fingerprint density at radius 2 is 2.21 bits per heavy atom. The second kappa shape index (κ2) is 4.49. The largest absolute Gasteiger partial charge is 0.290 e. The Hall–Kier alpha value is -0.280. The normalized spacial score (nSPS) is 15.2. The average molecular weight is 226 g/mol. The fourth-order valence-corrected chi connectivity index (χ4v) is 4.16. The van der Waals surface area contributed by atoms with Crippen LogP contribution in [0.15, 0.2) is 15.1 Å². The topological polar surface area (TPSA) is 17.1 Å². The van der Waals surface area contributed by atoms with E-state index in [9.17, 15) is 4.79 Å². The van der Waals surface area contributed by atoms with Gasteiger partial charge in [-0.2, -0.15) is 0 Å². The van der Waals surface area contributed by atoms with Crippen LogP contribution in [0.4, 0.5) is 0 Å². The highest BCUT2D eigenvalue weighted by Crippen LogP contribution is 2.29. The molecule has 0 fully saturated rings. The molecule has 14 heavy (non-hydrogen) atoms. The van der Waals surface area contributed by atoms with Crippen molar-refractivity contribution in [2.75, 3.05) is 5.75 Å². The van der Waals surface area contributed by atoms with Crippen LogP contribution >= 0.6 is 23.1 Å². The summed E-state index contributed by atoms with van der Waals surface area (Å²) in [5.74, 6) is 1.05. The van der Waals surface area contributed by atoms with Gasteiger partial charge in [0, 0.05) is 16.5 Å². The molecule has 0 atom stereocenters. The molecule has 0 unspecified atom stereocenters. The van der Waals surface area contributed by atoms with Gasteiger partial charge in [0.15, 0.2) is 5.43 Å². The second-order valence-corrected chi connectivity index (χ2v) is 6.17. The van der Waals surface area contributed by atoms with Gasteiger partial charge in [-0.05, 0) is 31.4 Å². The Bertz CT molecular complexity index is 381. The molecule has 0 N–H and O–H groups in total. The Kier molecular flexibility index (Phi) is 3.29. The molecule has 1 nitrogen and oxygen atoms in total. The van der Waals surface area contributed by atoms with Crippen molar-refractivity contribution in [1.82, 2.24) is 0 Å². The molecule has 1 aromatic rings. The number of thioether (sulfide) groups is 1. The van der Waals surface area contributed by atoms with Gasteiger partial charge in [0.1, 0.15) is 0 Å². The Morgan fingerprint density at radius 1 is 1.43 bits per heavy atom. The van der Waals surface area contributed by atoms with Gasteiger partial charge in [-0.15, -0.1) is 23.1 Å². The summed E-state index contributed by atoms with van der Waals surface area (Å²) in [6.07, 6.45) is 4.56. The third-order valence-electron chi connectivity index (χ3n) is 2.47. The van der Waals surface area contributed by atoms with Crippen molar-refractivity contribution in [3.8, 4) is 0 Å². The van der Waals surface area contributed by atoms with Crippen LogP contribution in [0, 0.1) is 0 Å². The van der Waals surface area contributed by atoms with E-state index in [-0.39, 0.29) is 5.43 Å². The van der Waals surface area contributed by atoms with Gasteiger partial charge >= 0.3 is 0 Å². The van der Waals surface area contributed by atoms with Crippen molar-refractivity contribution in [3.63, 3.8) is 0 Å². The molecule has 3 heteroatoms. The smallest absolute Gasteiger partial charge is 0.184 e. The number of hydrogen-bond donors (Lipinski definition) is 0. The zero-order valence-electron chi connectivity index (χ0n) is 8.34. The summed E-state index contributed by atoms with van der Waals surface area (Å²) < 4.78 is 1.19. The molecule has 1 aromatic heterocycles. The number of fused-ring (bicyclic) bond motifs is 1. The lowest BCUT2D eigenvalue weighted by atomic mass is 9.99. The average Bonchev–Trinajstić information content (AvgIpc) is 2.18. The molecule has 0 bridgehead atoms. The molecular weight excluding hydrogens is 212 g/mol. The quantitative estimate of drug-likeness (QED) is 0.721. The van der Waals surface area contributed by atoms with E-state index in [1.165, 1.54) is 21.9 Å². The van der Waals surface area contributed by atoms with E-state index in [1.807, 2.05) is 17.4 Å². The molecule has 0 saturated carbocycles. The zero-order valence-corrected chi connectivity index (χ0v) is 9.97. The zero-order chi connectivity index (χ0) is 9.97. The van der Waals surface area contributed by atoms with Gasteiger partial charge in [0.05, 0.1) is 4.21 Å². The highest BCUT2D eigenvalue weighted by molar-refractivity contribution is 8.01. The summed E-state index contributed by atoms with van der Waals surface area (Å²) in [5.41, 5.74) is 1.37. The van der Waals surface area contributed by atoms with E-state index >= 15 is 0 Å². The van der Waals surface area contributed by atoms with Crippen molar-refractivity contribution in [3.05, 3.63) is 26.7 Å². The minimum atomic E-state index is 0.273. The lowest BCUT2D eigenvalue weighted by molar-refractivity contribution is 0.691. The first-order valence-corrected chi connectivity index (χ1v) is 6.90. The number of rotatable bonds is 2. The van der Waals surface area contributed by atoms with Crippen LogP contribution in [0.5, 0.6) is 0 Å². The first kappa shape index (κ1) is 10.2. The third-order valence-corrected chi connectivity index (χ3v) is 4.78. The van der Waals surface area contributed by atoms with E-state index in [0.29, 0.717) is 0 Å². The molecule has 0 aliphatic heterocycles. The third kappa shape index (κ3) is 2.04. The van der Waals surface area contributed by atoms with Crippen molar-refractivity contribution >= 4 is 23.1 Å². The van der Waals surface area contributed by atoms with Crippen LogP contribution in [-0.4, -0.2) is 5.75 Å². The van der Waals surface area contributed by atoms with Crippen LogP contribution in [0.25, 0.3) is 0 Å². The molecule has 1 heterocycles. The fourth-order valence-electron chi connectivity index (χ4n) is 1.81. The maximum absolute atomic E-state index is 11.8. The first-order valence-electron chi connectivity index (χ1n) is 5.10. The van der Waals surface area contributed by atoms with Crippen LogP contribution in [0.1, 0.15) is 30.2 Å². The molecule has 0 radical (unpaired) electrons. The summed E-state index contributed by atoms with van der Waals surface area (Å²) in [6, 6.07) is 1.82. The maximum atomic E-state index is 11.8. The standard InChI is InChI=1S/C11H14OS2/c1-2-13-11-7-9(12)8-5-3-4-6-10(8)14-11/h7H,2-6H2,1H3. The first-order chi connectivity index (χ1) is 6.81. The van der Waals surface area contributed by atoms with Crippen LogP contribution in [0.3, 0.4) is 0 Å². The lowest BCUT2D eigenvalue weighted by Gasteiger charge is -2.14. The number of aryl methyl sites for hydroxylation is 1. The minimum Gasteiger partial charge on any atom is -0.290 e. The van der Waals surface area contributed by atoms with Gasteiger partial charge in [-0.25, -0.2) is 0 Å². The van der Waals surface area contributed by atoms with E-state index < -0.39 is 0 Å². The van der Waals surface area contributed by atoms with Gasteiger partial charge in [-0.3, -0.25) is 4.79 Å².